The van der Waals surface area contributed by atoms with E-state index in [1.165, 1.54) is 0 Å². The lowest BCUT2D eigenvalue weighted by Gasteiger charge is -2.46. The molecule has 1 aliphatic heterocycles. The van der Waals surface area contributed by atoms with E-state index in [9.17, 15) is 24.9 Å². The molecule has 0 aromatic carbocycles. The number of carbonyl (C=O) groups excluding carboxylic acids is 1. The number of nitrogens with one attached hydrogen (secondary N) is 2. The van der Waals surface area contributed by atoms with Crippen molar-refractivity contribution in [3.8, 4) is 0 Å². The number of ether oxygens (including phenoxy) is 3. The first-order valence-corrected chi connectivity index (χ1v) is 14.0. The van der Waals surface area contributed by atoms with Crippen molar-refractivity contribution >= 4 is 11.9 Å². The van der Waals surface area contributed by atoms with Crippen LogP contribution < -0.4 is 22.1 Å². The van der Waals surface area contributed by atoms with Crippen LogP contribution in [0.15, 0.2) is 11.8 Å². The van der Waals surface area contributed by atoms with E-state index in [1.54, 1.807) is 0 Å². The minimum Gasteiger partial charge on any atom is -0.479 e. The van der Waals surface area contributed by atoms with Crippen molar-refractivity contribution in [1.82, 2.24) is 10.6 Å². The van der Waals surface area contributed by atoms with Gasteiger partial charge in [0.25, 0.3) is 0 Å². The number of carbonyl (C=O) groups is 2. The molecule has 0 aromatic heterocycles. The molecule has 2 fully saturated rings. The summed E-state index contributed by atoms with van der Waals surface area (Å²) >= 11 is 0. The maximum absolute atomic E-state index is 12.5. The number of aliphatic carboxylic acids is 1. The van der Waals surface area contributed by atoms with Crippen LogP contribution >= 0.6 is 0 Å². The smallest absolute Gasteiger partial charge is 0.333 e. The molecule has 13 nitrogen and oxygen atoms in total. The second-order valence-corrected chi connectivity index (χ2v) is 11.0. The number of aliphatic hydroxyl groups is 3. The van der Waals surface area contributed by atoms with Gasteiger partial charge in [-0.05, 0) is 57.1 Å². The van der Waals surface area contributed by atoms with Gasteiger partial charge in [0.1, 0.15) is 24.1 Å². The lowest BCUT2D eigenvalue weighted by Crippen LogP contribution is -2.66. The molecule has 2 saturated carbocycles. The summed E-state index contributed by atoms with van der Waals surface area (Å²) in [5.41, 5.74) is 12.0. The molecule has 0 bridgehead atoms. The van der Waals surface area contributed by atoms with Gasteiger partial charge in [0.15, 0.2) is 12.4 Å². The van der Waals surface area contributed by atoms with Crippen LogP contribution in [0, 0.1) is 5.92 Å². The van der Waals surface area contributed by atoms with Gasteiger partial charge in [-0.3, -0.25) is 4.79 Å². The van der Waals surface area contributed by atoms with E-state index in [0.29, 0.717) is 56.7 Å². The van der Waals surface area contributed by atoms with E-state index in [2.05, 4.69) is 17.6 Å². The van der Waals surface area contributed by atoms with Crippen molar-refractivity contribution in [2.45, 2.75) is 113 Å². The number of amides is 1. The highest BCUT2D eigenvalue weighted by molar-refractivity contribution is 5.76. The number of carboxylic acid groups (broad SMARTS) is 1. The minimum absolute atomic E-state index is 0.142. The molecule has 1 amide bonds. The second-order valence-electron chi connectivity index (χ2n) is 11.0. The van der Waals surface area contributed by atoms with Crippen LogP contribution in [0.4, 0.5) is 0 Å². The minimum atomic E-state index is -1.52. The summed E-state index contributed by atoms with van der Waals surface area (Å²) in [4.78, 5) is 23.3. The van der Waals surface area contributed by atoms with Gasteiger partial charge < -0.3 is 56.7 Å². The Labute approximate surface area is 229 Å². The Morgan fingerprint density at radius 2 is 1.95 bits per heavy atom. The maximum Gasteiger partial charge on any atom is 0.333 e. The molecule has 0 radical (unpaired) electrons. The largest absolute Gasteiger partial charge is 0.479 e. The van der Waals surface area contributed by atoms with E-state index < -0.39 is 61.0 Å². The number of hydrogen-bond acceptors (Lipinski definition) is 11. The van der Waals surface area contributed by atoms with Crippen molar-refractivity contribution in [2.75, 3.05) is 19.6 Å². The summed E-state index contributed by atoms with van der Waals surface area (Å²) < 4.78 is 18.3. The predicted molar refractivity (Wildman–Crippen MR) is 140 cm³/mol. The monoisotopic (exact) mass is 558 g/mol. The highest BCUT2D eigenvalue weighted by Crippen LogP contribution is 2.33. The van der Waals surface area contributed by atoms with E-state index in [1.807, 2.05) is 6.08 Å². The van der Waals surface area contributed by atoms with Crippen LogP contribution in [0.1, 0.15) is 58.3 Å². The lowest BCUT2D eigenvalue weighted by molar-refractivity contribution is -0.232. The fraction of sp³-hybridized carbons (Fsp3) is 0.846. The molecule has 2 aliphatic carbocycles. The fourth-order valence-corrected chi connectivity index (χ4v) is 5.42. The van der Waals surface area contributed by atoms with Crippen LogP contribution in [0.3, 0.4) is 0 Å². The Morgan fingerprint density at radius 3 is 2.64 bits per heavy atom. The summed E-state index contributed by atoms with van der Waals surface area (Å²) in [6, 6.07) is -1.20. The zero-order chi connectivity index (χ0) is 28.5. The van der Waals surface area contributed by atoms with Crippen LogP contribution in [0.2, 0.25) is 0 Å². The van der Waals surface area contributed by atoms with Gasteiger partial charge in [0, 0.05) is 25.4 Å². The van der Waals surface area contributed by atoms with E-state index >= 15 is 0 Å². The molecule has 224 valence electrons. The molecule has 3 aliphatic rings. The number of aliphatic hydroxyl groups excluding tert-OH is 3. The van der Waals surface area contributed by atoms with Gasteiger partial charge in [-0.15, -0.1) is 0 Å². The maximum atomic E-state index is 12.5. The zero-order valence-electron chi connectivity index (χ0n) is 22.6. The molecule has 0 spiro atoms. The first-order chi connectivity index (χ1) is 18.6. The normalized spacial score (nSPS) is 35.9. The third-order valence-electron chi connectivity index (χ3n) is 7.61. The van der Waals surface area contributed by atoms with Crippen LogP contribution in [-0.4, -0.2) is 107 Å². The molecule has 0 unspecified atom stereocenters. The Bertz CT molecular complexity index is 831. The number of rotatable bonds is 13. The van der Waals surface area contributed by atoms with Crippen molar-refractivity contribution in [3.05, 3.63) is 11.8 Å². The molecule has 10 N–H and O–H groups in total. The van der Waals surface area contributed by atoms with Crippen molar-refractivity contribution < 1.29 is 44.2 Å². The first kappa shape index (κ1) is 31.7. The summed E-state index contributed by atoms with van der Waals surface area (Å²) in [6.07, 6.45) is -0.0773. The quantitative estimate of drug-likeness (QED) is 0.132. The second kappa shape index (κ2) is 15.2. The molecule has 0 saturated heterocycles. The van der Waals surface area contributed by atoms with E-state index in [0.717, 1.165) is 6.42 Å². The van der Waals surface area contributed by atoms with Gasteiger partial charge in [0.05, 0.1) is 24.8 Å². The molecule has 39 heavy (non-hydrogen) atoms. The van der Waals surface area contributed by atoms with E-state index in [4.69, 9.17) is 30.8 Å². The highest BCUT2D eigenvalue weighted by atomic mass is 16.7. The van der Waals surface area contributed by atoms with Crippen molar-refractivity contribution in [2.24, 2.45) is 17.4 Å². The number of nitrogens with two attached hydrogens (primary N) is 2. The van der Waals surface area contributed by atoms with Gasteiger partial charge in [-0.2, -0.15) is 0 Å². The fourth-order valence-electron chi connectivity index (χ4n) is 5.42. The summed E-state index contributed by atoms with van der Waals surface area (Å²) in [5, 5.41) is 46.1. The number of carboxylic acids is 1. The molecular weight excluding hydrogens is 512 g/mol. The number of hydrogen-bond donors (Lipinski definition) is 8. The topological polar surface area (TPSA) is 219 Å². The van der Waals surface area contributed by atoms with Gasteiger partial charge in [-0.1, -0.05) is 6.92 Å². The summed E-state index contributed by atoms with van der Waals surface area (Å²) in [7, 11) is 0. The Morgan fingerprint density at radius 1 is 1.18 bits per heavy atom. The summed E-state index contributed by atoms with van der Waals surface area (Å²) in [6.45, 7) is 2.52. The first-order valence-electron chi connectivity index (χ1n) is 14.0. The summed E-state index contributed by atoms with van der Waals surface area (Å²) in [5.74, 6) is -0.620. The SMILES string of the molecule is C[C@@H]1CC[C@H](O[C@@H]2[C@@H](O)[C@H](O[C@@H]3CCC=C(CNC[C@H](O)C(=O)O)O3)[C@@H](N)C[C@H]2NC(=O)CCCN)[C@H](O)C1. The Kier molecular flexibility index (Phi) is 12.4. The predicted octanol–water partition coefficient (Wildman–Crippen LogP) is -1.32. The van der Waals surface area contributed by atoms with Gasteiger partial charge >= 0.3 is 5.97 Å². The van der Waals surface area contributed by atoms with Gasteiger partial charge in [0.2, 0.25) is 5.91 Å². The highest BCUT2D eigenvalue weighted by Gasteiger charge is 2.47. The molecule has 3 rings (SSSR count). The molecule has 13 heteroatoms. The van der Waals surface area contributed by atoms with Crippen molar-refractivity contribution in [1.29, 1.82) is 0 Å². The zero-order valence-corrected chi connectivity index (χ0v) is 22.6. The molecule has 10 atom stereocenters. The average molecular weight is 559 g/mol. The lowest BCUT2D eigenvalue weighted by atomic mass is 9.82. The molecule has 0 aromatic rings. The average Bonchev–Trinajstić information content (AvgIpc) is 2.88. The van der Waals surface area contributed by atoms with Crippen LogP contribution in [0.25, 0.3) is 0 Å². The van der Waals surface area contributed by atoms with Crippen molar-refractivity contribution in [3.63, 3.8) is 0 Å². The van der Waals surface area contributed by atoms with E-state index in [-0.39, 0.29) is 25.4 Å². The standard InChI is InChI=1S/C26H46N4O9/c1-14-7-8-20(18(31)10-14)38-25-17(30-21(33)5-3-9-27)11-16(28)24(23(25)34)39-22-6-2-4-15(37-22)12-29-13-19(32)26(35)36/h4,14,16-20,22-25,29,31-32,34H,2-3,5-13,27-28H2,1H3,(H,30,33)(H,35,36)/t14-,16+,17-,18-,19+,20+,22-,23+,24-,25+/m1/s1. The molecular formula is C26H46N4O9. The Balaban J connectivity index is 1.64. The Hall–Kier alpha value is -1.84. The number of allylic oxidation sites excluding steroid dienone is 1. The molecule has 1 heterocycles. The van der Waals surface area contributed by atoms with Crippen LogP contribution in [0.5, 0.6) is 0 Å². The van der Waals surface area contributed by atoms with Crippen LogP contribution in [-0.2, 0) is 23.8 Å². The van der Waals surface area contributed by atoms with Gasteiger partial charge in [-0.25, -0.2) is 4.79 Å². The third kappa shape index (κ3) is 9.35. The third-order valence-corrected chi connectivity index (χ3v) is 7.61.